The van der Waals surface area contributed by atoms with Crippen molar-refractivity contribution in [2.45, 2.75) is 44.7 Å². The van der Waals surface area contributed by atoms with E-state index in [1.54, 1.807) is 0 Å². The summed E-state index contributed by atoms with van der Waals surface area (Å²) >= 11 is 0. The van der Waals surface area contributed by atoms with Crippen molar-refractivity contribution in [3.8, 4) is 0 Å². The summed E-state index contributed by atoms with van der Waals surface area (Å²) in [6, 6.07) is 0.386. The summed E-state index contributed by atoms with van der Waals surface area (Å²) in [6.07, 6.45) is 5.43. The van der Waals surface area contributed by atoms with E-state index in [4.69, 9.17) is 6.57 Å². The topological polar surface area (TPSA) is 27.9 Å². The Morgan fingerprint density at radius 3 is 2.94 bits per heavy atom. The van der Waals surface area contributed by atoms with Gasteiger partial charge in [-0.3, -0.25) is 0 Å². The van der Waals surface area contributed by atoms with Crippen LogP contribution in [0.1, 0.15) is 32.6 Å². The highest BCUT2D eigenvalue weighted by Gasteiger charge is 2.40. The monoisotopic (exact) mass is 235 g/mol. The lowest BCUT2D eigenvalue weighted by atomic mass is 10.0. The summed E-state index contributed by atoms with van der Waals surface area (Å²) in [7, 11) is 0. The van der Waals surface area contributed by atoms with Crippen molar-refractivity contribution in [2.75, 3.05) is 19.6 Å². The molecule has 2 fully saturated rings. The van der Waals surface area contributed by atoms with E-state index in [9.17, 15) is 4.79 Å². The zero-order chi connectivity index (χ0) is 12.3. The van der Waals surface area contributed by atoms with Gasteiger partial charge in [0, 0.05) is 13.1 Å². The summed E-state index contributed by atoms with van der Waals surface area (Å²) in [4.78, 5) is 14.6. The van der Waals surface area contributed by atoms with Crippen molar-refractivity contribution in [3.63, 3.8) is 0 Å². The van der Waals surface area contributed by atoms with Crippen molar-refractivity contribution in [1.29, 1.82) is 0 Å². The lowest BCUT2D eigenvalue weighted by Gasteiger charge is -2.33. The predicted molar refractivity (Wildman–Crippen MR) is 66.2 cm³/mol. The third-order valence-corrected chi connectivity index (χ3v) is 4.11. The number of hydrogen-bond acceptors (Lipinski definition) is 3. The third kappa shape index (κ3) is 2.51. The van der Waals surface area contributed by atoms with Crippen LogP contribution in [0, 0.1) is 12.5 Å². The molecule has 0 aliphatic carbocycles. The van der Waals surface area contributed by atoms with E-state index in [2.05, 4.69) is 21.8 Å². The van der Waals surface area contributed by atoms with E-state index in [1.165, 1.54) is 6.42 Å². The van der Waals surface area contributed by atoms with Crippen LogP contribution in [0.2, 0.25) is 0 Å². The summed E-state index contributed by atoms with van der Waals surface area (Å²) in [5.41, 5.74) is 0. The fourth-order valence-electron chi connectivity index (χ4n) is 3.11. The van der Waals surface area contributed by atoms with E-state index >= 15 is 0 Å². The zero-order valence-electron chi connectivity index (χ0n) is 10.5. The van der Waals surface area contributed by atoms with Crippen LogP contribution in [0.3, 0.4) is 0 Å². The summed E-state index contributed by atoms with van der Waals surface area (Å²) in [5.74, 6) is 0.689. The first-order valence-corrected chi connectivity index (χ1v) is 6.61. The zero-order valence-corrected chi connectivity index (χ0v) is 10.5. The second-order valence-corrected chi connectivity index (χ2v) is 5.14. The quantitative estimate of drug-likeness (QED) is 0.547. The molecular formula is C13H21N3O. The van der Waals surface area contributed by atoms with E-state index in [0.717, 1.165) is 38.6 Å². The number of rotatable bonds is 4. The SMILES string of the molecule is [C-]#[N+]CC1CC(CC)CN1N1CCCC1C=O. The fraction of sp³-hybridized carbons (Fsp3) is 0.846. The molecule has 0 aromatic carbocycles. The molecule has 0 bridgehead atoms. The van der Waals surface area contributed by atoms with Crippen LogP contribution in [0.15, 0.2) is 0 Å². The molecule has 4 heteroatoms. The number of hydrazine groups is 1. The molecule has 2 aliphatic rings. The maximum atomic E-state index is 11.1. The van der Waals surface area contributed by atoms with Gasteiger partial charge in [0.25, 0.3) is 0 Å². The highest BCUT2D eigenvalue weighted by atomic mass is 16.1. The second kappa shape index (κ2) is 5.61. The summed E-state index contributed by atoms with van der Waals surface area (Å²) in [6.45, 7) is 11.8. The Balaban J connectivity index is 2.06. The smallest absolute Gasteiger partial charge is 0.231 e. The Kier molecular flexibility index (Phi) is 4.14. The highest BCUT2D eigenvalue weighted by Crippen LogP contribution is 2.31. The van der Waals surface area contributed by atoms with Gasteiger partial charge in [-0.25, -0.2) is 16.6 Å². The van der Waals surface area contributed by atoms with Crippen LogP contribution in [-0.4, -0.2) is 48.0 Å². The Bertz CT molecular complexity index is 312. The molecule has 0 amide bonds. The minimum Gasteiger partial charge on any atom is -0.315 e. The molecule has 0 N–H and O–H groups in total. The van der Waals surface area contributed by atoms with Crippen molar-refractivity contribution in [1.82, 2.24) is 10.0 Å². The fourth-order valence-corrected chi connectivity index (χ4v) is 3.11. The molecule has 94 valence electrons. The summed E-state index contributed by atoms with van der Waals surface area (Å²) < 4.78 is 0. The maximum absolute atomic E-state index is 11.1. The molecule has 0 saturated carbocycles. The van der Waals surface area contributed by atoms with Crippen molar-refractivity contribution < 1.29 is 4.79 Å². The van der Waals surface area contributed by atoms with Crippen molar-refractivity contribution in [3.05, 3.63) is 11.4 Å². The predicted octanol–water partition coefficient (Wildman–Crippen LogP) is 1.58. The lowest BCUT2D eigenvalue weighted by molar-refractivity contribution is -0.119. The molecule has 3 unspecified atom stereocenters. The normalized spacial score (nSPS) is 34.9. The molecule has 17 heavy (non-hydrogen) atoms. The van der Waals surface area contributed by atoms with Crippen LogP contribution in [-0.2, 0) is 4.79 Å². The van der Waals surface area contributed by atoms with Gasteiger partial charge in [0.2, 0.25) is 6.54 Å². The van der Waals surface area contributed by atoms with Crippen LogP contribution in [0.5, 0.6) is 0 Å². The first-order chi connectivity index (χ1) is 8.30. The average Bonchev–Trinajstić information content (AvgIpc) is 2.94. The molecule has 2 aliphatic heterocycles. The van der Waals surface area contributed by atoms with E-state index in [0.29, 0.717) is 18.5 Å². The Hall–Kier alpha value is -0.920. The molecule has 0 radical (unpaired) electrons. The molecule has 2 heterocycles. The number of carbonyl (C=O) groups excluding carboxylic acids is 1. The Labute approximate surface area is 103 Å². The lowest BCUT2D eigenvalue weighted by Crippen LogP contribution is -2.49. The van der Waals surface area contributed by atoms with Gasteiger partial charge in [-0.2, -0.15) is 0 Å². The first-order valence-electron chi connectivity index (χ1n) is 6.61. The molecular weight excluding hydrogens is 214 g/mol. The molecule has 2 rings (SSSR count). The van der Waals surface area contributed by atoms with Gasteiger partial charge in [0.15, 0.2) is 0 Å². The van der Waals surface area contributed by atoms with Gasteiger partial charge < -0.3 is 9.64 Å². The second-order valence-electron chi connectivity index (χ2n) is 5.14. The number of hydrogen-bond donors (Lipinski definition) is 0. The molecule has 3 atom stereocenters. The molecule has 0 aromatic heterocycles. The minimum absolute atomic E-state index is 0.0545. The van der Waals surface area contributed by atoms with Crippen LogP contribution in [0.25, 0.3) is 4.85 Å². The molecule has 0 aromatic rings. The Morgan fingerprint density at radius 1 is 1.47 bits per heavy atom. The van der Waals surface area contributed by atoms with Crippen molar-refractivity contribution >= 4 is 6.29 Å². The van der Waals surface area contributed by atoms with Crippen molar-refractivity contribution in [2.24, 2.45) is 5.92 Å². The van der Waals surface area contributed by atoms with Gasteiger partial charge in [-0.15, -0.1) is 0 Å². The number of nitrogens with zero attached hydrogens (tertiary/aromatic N) is 3. The van der Waals surface area contributed by atoms with Gasteiger partial charge in [-0.05, 0) is 25.2 Å². The van der Waals surface area contributed by atoms with E-state index in [1.807, 2.05) is 0 Å². The Morgan fingerprint density at radius 2 is 2.29 bits per heavy atom. The average molecular weight is 235 g/mol. The van der Waals surface area contributed by atoms with Gasteiger partial charge in [0.05, 0.1) is 12.1 Å². The van der Waals surface area contributed by atoms with E-state index < -0.39 is 0 Å². The van der Waals surface area contributed by atoms with Gasteiger partial charge in [-0.1, -0.05) is 13.3 Å². The summed E-state index contributed by atoms with van der Waals surface area (Å²) in [5, 5.41) is 4.54. The maximum Gasteiger partial charge on any atom is 0.231 e. The number of carbonyl (C=O) groups is 1. The molecule has 4 nitrogen and oxygen atoms in total. The van der Waals surface area contributed by atoms with Crippen LogP contribution >= 0.6 is 0 Å². The van der Waals surface area contributed by atoms with Gasteiger partial charge >= 0.3 is 0 Å². The van der Waals surface area contributed by atoms with E-state index in [-0.39, 0.29) is 6.04 Å². The minimum atomic E-state index is 0.0545. The largest absolute Gasteiger partial charge is 0.315 e. The third-order valence-electron chi connectivity index (χ3n) is 4.11. The van der Waals surface area contributed by atoms with Crippen LogP contribution < -0.4 is 0 Å². The standard InChI is InChI=1S/C13H21N3O/c1-3-11-7-13(8-14-2)16(9-11)15-6-4-5-12(15)10-17/h10-13H,3-9H2,1H3. The number of aldehydes is 1. The van der Waals surface area contributed by atoms with Crippen LogP contribution in [0.4, 0.5) is 0 Å². The highest BCUT2D eigenvalue weighted by molar-refractivity contribution is 5.57. The first kappa shape index (κ1) is 12.5. The molecule has 2 saturated heterocycles. The van der Waals surface area contributed by atoms with Gasteiger partial charge in [0.1, 0.15) is 6.29 Å². The molecule has 0 spiro atoms.